The van der Waals surface area contributed by atoms with E-state index in [1.165, 1.54) is 11.1 Å². The van der Waals surface area contributed by atoms with Crippen molar-refractivity contribution in [3.63, 3.8) is 0 Å². The third-order valence-corrected chi connectivity index (χ3v) is 5.25. The third kappa shape index (κ3) is 7.02. The molecule has 1 aliphatic rings. The zero-order valence-corrected chi connectivity index (χ0v) is 19.5. The quantitative estimate of drug-likeness (QED) is 0.356. The smallest absolute Gasteiger partial charge is 0.220 e. The van der Waals surface area contributed by atoms with Crippen LogP contribution in [0.2, 0.25) is 0 Å². The van der Waals surface area contributed by atoms with Crippen molar-refractivity contribution >= 4 is 35.8 Å². The molecule has 0 unspecified atom stereocenters. The predicted octanol–water partition coefficient (Wildman–Crippen LogP) is 2.47. The Kier molecular flexibility index (Phi) is 9.43. The van der Waals surface area contributed by atoms with Crippen molar-refractivity contribution in [2.75, 3.05) is 27.2 Å². The predicted molar refractivity (Wildman–Crippen MR) is 126 cm³/mol. The summed E-state index contributed by atoms with van der Waals surface area (Å²) in [4.78, 5) is 22.4. The first-order chi connectivity index (χ1) is 13.7. The molecule has 0 atom stereocenters. The molecule has 2 N–H and O–H groups in total. The fourth-order valence-corrected chi connectivity index (χ4v) is 3.66. The molecule has 0 radical (unpaired) electrons. The molecule has 0 spiro atoms. The van der Waals surface area contributed by atoms with E-state index < -0.39 is 0 Å². The largest absolute Gasteiger partial charge is 0.359 e. The lowest BCUT2D eigenvalue weighted by Gasteiger charge is -2.34. The number of guanidine groups is 1. The maximum Gasteiger partial charge on any atom is 0.220 e. The molecule has 158 valence electrons. The Balaban J connectivity index is 0.00000300. The Morgan fingerprint density at radius 3 is 2.69 bits per heavy atom. The highest BCUT2D eigenvalue weighted by molar-refractivity contribution is 14.0. The number of nitrogens with one attached hydrogen (secondary N) is 2. The molecule has 1 fully saturated rings. The maximum absolute atomic E-state index is 11.6. The molecule has 1 aromatic heterocycles. The van der Waals surface area contributed by atoms with Gasteiger partial charge in [0.1, 0.15) is 0 Å². The second kappa shape index (κ2) is 11.8. The summed E-state index contributed by atoms with van der Waals surface area (Å²) in [7, 11) is 3.53. The minimum Gasteiger partial charge on any atom is -0.359 e. The normalized spacial score (nSPS) is 15.0. The molecule has 0 bridgehead atoms. The van der Waals surface area contributed by atoms with Crippen LogP contribution in [0.25, 0.3) is 0 Å². The Hall–Kier alpha value is -2.10. The number of benzene rings is 1. The van der Waals surface area contributed by atoms with Gasteiger partial charge in [-0.15, -0.1) is 24.0 Å². The van der Waals surface area contributed by atoms with Crippen LogP contribution >= 0.6 is 24.0 Å². The Bertz CT molecular complexity index is 784. The van der Waals surface area contributed by atoms with Gasteiger partial charge in [0.25, 0.3) is 0 Å². The number of piperidine rings is 1. The van der Waals surface area contributed by atoms with Crippen molar-refractivity contribution in [1.29, 1.82) is 0 Å². The van der Waals surface area contributed by atoms with Crippen LogP contribution in [0.15, 0.2) is 48.0 Å². The van der Waals surface area contributed by atoms with Crippen LogP contribution in [0.4, 0.5) is 0 Å². The second-order valence-electron chi connectivity index (χ2n) is 7.26. The van der Waals surface area contributed by atoms with Gasteiger partial charge in [0, 0.05) is 59.1 Å². The number of imidazole rings is 1. The zero-order chi connectivity index (χ0) is 19.8. The average molecular weight is 510 g/mol. The van der Waals surface area contributed by atoms with Crippen LogP contribution in [-0.4, -0.2) is 53.5 Å². The van der Waals surface area contributed by atoms with Crippen LogP contribution in [-0.2, 0) is 17.9 Å². The maximum atomic E-state index is 11.6. The van der Waals surface area contributed by atoms with E-state index >= 15 is 0 Å². The molecule has 7 nitrogen and oxygen atoms in total. The highest BCUT2D eigenvalue weighted by atomic mass is 127. The van der Waals surface area contributed by atoms with E-state index in [1.54, 1.807) is 13.2 Å². The highest BCUT2D eigenvalue weighted by Crippen LogP contribution is 2.20. The van der Waals surface area contributed by atoms with E-state index in [9.17, 15) is 4.79 Å². The first kappa shape index (κ1) is 23.2. The number of hydrogen-bond acceptors (Lipinski definition) is 3. The molecule has 1 amide bonds. The topological polar surface area (TPSA) is 74.5 Å². The van der Waals surface area contributed by atoms with Crippen molar-refractivity contribution in [3.8, 4) is 0 Å². The van der Waals surface area contributed by atoms with E-state index in [0.29, 0.717) is 12.3 Å². The first-order valence-corrected chi connectivity index (χ1v) is 9.87. The van der Waals surface area contributed by atoms with Crippen molar-refractivity contribution in [2.45, 2.75) is 32.4 Å². The number of likely N-dealkylation sites (tertiary alicyclic amines) is 1. The molecule has 0 saturated carbocycles. The number of carbonyl (C=O) groups is 1. The van der Waals surface area contributed by atoms with Crippen LogP contribution in [0.5, 0.6) is 0 Å². The van der Waals surface area contributed by atoms with Crippen molar-refractivity contribution < 1.29 is 4.79 Å². The number of nitrogens with zero attached hydrogens (tertiary/aromatic N) is 4. The molecular formula is C21H31IN6O. The standard InChI is InChI=1S/C21H30N6O.HI/c1-22-20(28)13-17-6-9-27(10-7-17)21(23-2)25-14-18-4-3-5-19(12-18)15-26-11-8-24-16-26;/h3-5,8,11-12,16-17H,6-7,9-10,13-15H2,1-2H3,(H,22,28)(H,23,25);1H. The number of carbonyl (C=O) groups excluding carboxylic acids is 1. The molecule has 1 saturated heterocycles. The Morgan fingerprint density at radius 2 is 2.03 bits per heavy atom. The monoisotopic (exact) mass is 510 g/mol. The summed E-state index contributed by atoms with van der Waals surface area (Å²) in [6.45, 7) is 3.42. The molecule has 29 heavy (non-hydrogen) atoms. The fraction of sp³-hybridized carbons (Fsp3) is 0.476. The van der Waals surface area contributed by atoms with Crippen LogP contribution in [0, 0.1) is 5.92 Å². The highest BCUT2D eigenvalue weighted by Gasteiger charge is 2.22. The van der Waals surface area contributed by atoms with E-state index in [2.05, 4.69) is 54.3 Å². The van der Waals surface area contributed by atoms with Gasteiger partial charge in [-0.2, -0.15) is 0 Å². The van der Waals surface area contributed by atoms with Gasteiger partial charge >= 0.3 is 0 Å². The first-order valence-electron chi connectivity index (χ1n) is 9.87. The van der Waals surface area contributed by atoms with E-state index in [4.69, 9.17) is 0 Å². The summed E-state index contributed by atoms with van der Waals surface area (Å²) in [5, 5.41) is 6.21. The van der Waals surface area contributed by atoms with Gasteiger partial charge in [-0.25, -0.2) is 4.98 Å². The minimum atomic E-state index is 0. The van der Waals surface area contributed by atoms with Gasteiger partial charge in [-0.05, 0) is 29.9 Å². The summed E-state index contributed by atoms with van der Waals surface area (Å²) >= 11 is 0. The zero-order valence-electron chi connectivity index (χ0n) is 17.2. The summed E-state index contributed by atoms with van der Waals surface area (Å²) in [5.74, 6) is 1.53. The van der Waals surface area contributed by atoms with Crippen LogP contribution in [0.3, 0.4) is 0 Å². The number of amides is 1. The lowest BCUT2D eigenvalue weighted by Crippen LogP contribution is -2.45. The van der Waals surface area contributed by atoms with Gasteiger partial charge < -0.3 is 20.1 Å². The van der Waals surface area contributed by atoms with Gasteiger partial charge in [-0.1, -0.05) is 24.3 Å². The van der Waals surface area contributed by atoms with Crippen molar-refractivity contribution in [1.82, 2.24) is 25.1 Å². The van der Waals surface area contributed by atoms with Gasteiger partial charge in [0.05, 0.1) is 6.33 Å². The van der Waals surface area contributed by atoms with E-state index in [0.717, 1.165) is 45.0 Å². The fourth-order valence-electron chi connectivity index (χ4n) is 3.66. The Labute approximate surface area is 190 Å². The molecule has 2 heterocycles. The lowest BCUT2D eigenvalue weighted by atomic mass is 9.93. The number of rotatable bonds is 6. The van der Waals surface area contributed by atoms with Crippen molar-refractivity contribution in [3.05, 3.63) is 54.1 Å². The average Bonchev–Trinajstić information content (AvgIpc) is 3.23. The third-order valence-electron chi connectivity index (χ3n) is 5.25. The second-order valence-corrected chi connectivity index (χ2v) is 7.26. The van der Waals surface area contributed by atoms with Crippen LogP contribution in [0.1, 0.15) is 30.4 Å². The molecule has 1 aliphatic heterocycles. The molecule has 8 heteroatoms. The summed E-state index contributed by atoms with van der Waals surface area (Å²) in [6, 6.07) is 8.58. The van der Waals surface area contributed by atoms with Crippen LogP contribution < -0.4 is 10.6 Å². The van der Waals surface area contributed by atoms with Gasteiger partial charge in [-0.3, -0.25) is 9.79 Å². The molecule has 2 aromatic rings. The minimum absolute atomic E-state index is 0. The summed E-state index contributed by atoms with van der Waals surface area (Å²) in [6.07, 6.45) is 8.28. The SMILES string of the molecule is CN=C(NCc1cccc(Cn2ccnc2)c1)N1CCC(CC(=O)NC)CC1.I. The molecular weight excluding hydrogens is 479 g/mol. The molecule has 3 rings (SSSR count). The summed E-state index contributed by atoms with van der Waals surface area (Å²) < 4.78 is 2.06. The molecule has 0 aliphatic carbocycles. The van der Waals surface area contributed by atoms with E-state index in [1.807, 2.05) is 19.6 Å². The number of aromatic nitrogens is 2. The van der Waals surface area contributed by atoms with E-state index in [-0.39, 0.29) is 29.9 Å². The number of halogens is 1. The van der Waals surface area contributed by atoms with Gasteiger partial charge in [0.15, 0.2) is 5.96 Å². The van der Waals surface area contributed by atoms with Gasteiger partial charge in [0.2, 0.25) is 5.91 Å². The number of hydrogen-bond donors (Lipinski definition) is 2. The van der Waals surface area contributed by atoms with Crippen molar-refractivity contribution in [2.24, 2.45) is 10.9 Å². The molecule has 1 aromatic carbocycles. The number of aliphatic imine (C=N–C) groups is 1. The lowest BCUT2D eigenvalue weighted by molar-refractivity contribution is -0.121. The Morgan fingerprint density at radius 1 is 1.28 bits per heavy atom. The summed E-state index contributed by atoms with van der Waals surface area (Å²) in [5.41, 5.74) is 2.48.